The third-order valence-electron chi connectivity index (χ3n) is 1.84. The van der Waals surface area contributed by atoms with Crippen LogP contribution in [0.15, 0.2) is 12.2 Å². The van der Waals surface area contributed by atoms with Crippen molar-refractivity contribution in [2.24, 2.45) is 0 Å². The first-order chi connectivity index (χ1) is 8.31. The van der Waals surface area contributed by atoms with Gasteiger partial charge in [0, 0.05) is 18.7 Å². The van der Waals surface area contributed by atoms with Crippen LogP contribution in [0.25, 0.3) is 0 Å². The lowest BCUT2D eigenvalue weighted by molar-refractivity contribution is -0.134. The third kappa shape index (κ3) is 9.76. The Labute approximate surface area is 106 Å². The molecule has 0 saturated carbocycles. The van der Waals surface area contributed by atoms with Crippen molar-refractivity contribution in [3.05, 3.63) is 12.2 Å². The smallest absolute Gasteiger partial charge is 0.328 e. The Bertz CT molecular complexity index is 286. The molecule has 1 fully saturated rings. The van der Waals surface area contributed by atoms with E-state index >= 15 is 0 Å². The zero-order valence-corrected chi connectivity index (χ0v) is 10.7. The average molecular weight is 261 g/mol. The molecule has 0 unspecified atom stereocenters. The fourth-order valence-corrected chi connectivity index (χ4v) is 1.24. The molecule has 2 N–H and O–H groups in total. The van der Waals surface area contributed by atoms with Crippen LogP contribution in [0.4, 0.5) is 0 Å². The van der Waals surface area contributed by atoms with Crippen molar-refractivity contribution in [1.82, 2.24) is 4.90 Å². The van der Waals surface area contributed by atoms with E-state index in [1.54, 1.807) is 0 Å². The molecule has 1 aliphatic heterocycles. The van der Waals surface area contributed by atoms with E-state index in [0.29, 0.717) is 12.2 Å². The maximum absolute atomic E-state index is 9.55. The highest BCUT2D eigenvalue weighted by molar-refractivity contribution is 5.89. The molecule has 1 rings (SSSR count). The number of carbonyl (C=O) groups is 2. The van der Waals surface area contributed by atoms with Crippen molar-refractivity contribution in [3.8, 4) is 0 Å². The van der Waals surface area contributed by atoms with E-state index in [1.165, 1.54) is 0 Å². The molecule has 0 aromatic heterocycles. The van der Waals surface area contributed by atoms with Gasteiger partial charge in [0.15, 0.2) is 6.29 Å². The molecule has 0 aliphatic carbocycles. The van der Waals surface area contributed by atoms with E-state index in [9.17, 15) is 9.59 Å². The Morgan fingerprint density at radius 2 is 1.78 bits per heavy atom. The lowest BCUT2D eigenvalue weighted by Crippen LogP contribution is -2.27. The van der Waals surface area contributed by atoms with Gasteiger partial charge in [0.2, 0.25) is 0 Å². The van der Waals surface area contributed by atoms with E-state index in [2.05, 4.69) is 4.90 Å². The Morgan fingerprint density at radius 1 is 1.28 bits per heavy atom. The molecular formula is C11H19NO6. The zero-order valence-electron chi connectivity index (χ0n) is 10.7. The van der Waals surface area contributed by atoms with E-state index in [0.717, 1.165) is 13.2 Å². The number of carboxylic acid groups (broad SMARTS) is 2. The van der Waals surface area contributed by atoms with Crippen molar-refractivity contribution < 1.29 is 29.3 Å². The molecule has 1 aliphatic rings. The second-order valence-corrected chi connectivity index (χ2v) is 3.93. The number of rotatable bonds is 4. The topological polar surface area (TPSA) is 96.3 Å². The summed E-state index contributed by atoms with van der Waals surface area (Å²) >= 11 is 0. The number of hydrogen-bond donors (Lipinski definition) is 2. The van der Waals surface area contributed by atoms with Crippen LogP contribution in [-0.2, 0) is 19.1 Å². The highest BCUT2D eigenvalue weighted by atomic mass is 16.7. The second-order valence-electron chi connectivity index (χ2n) is 3.93. The summed E-state index contributed by atoms with van der Waals surface area (Å²) in [4.78, 5) is 21.2. The van der Waals surface area contributed by atoms with Gasteiger partial charge in [-0.3, -0.25) is 0 Å². The monoisotopic (exact) mass is 261 g/mol. The highest BCUT2D eigenvalue weighted by Crippen LogP contribution is 2.10. The lowest BCUT2D eigenvalue weighted by atomic mass is 10.4. The van der Waals surface area contributed by atoms with Crippen molar-refractivity contribution in [2.45, 2.75) is 19.3 Å². The van der Waals surface area contributed by atoms with Gasteiger partial charge in [-0.1, -0.05) is 0 Å². The molecule has 7 nitrogen and oxygen atoms in total. The SMILES string of the molecule is C[C@@H]1OC[C@@H](CN(C)C)O1.O=C(O)/C=C\C(=O)O. The second kappa shape index (κ2) is 8.62. The average Bonchev–Trinajstić information content (AvgIpc) is 2.61. The minimum atomic E-state index is -1.26. The van der Waals surface area contributed by atoms with Crippen LogP contribution in [0.3, 0.4) is 0 Å². The maximum atomic E-state index is 9.55. The predicted octanol–water partition coefficient (Wildman–Crippen LogP) is 0.0212. The van der Waals surface area contributed by atoms with Crippen LogP contribution < -0.4 is 0 Å². The van der Waals surface area contributed by atoms with Crippen LogP contribution >= 0.6 is 0 Å². The first kappa shape index (κ1) is 16.6. The fourth-order valence-electron chi connectivity index (χ4n) is 1.24. The van der Waals surface area contributed by atoms with Crippen molar-refractivity contribution in [3.63, 3.8) is 0 Å². The van der Waals surface area contributed by atoms with Gasteiger partial charge in [-0.25, -0.2) is 9.59 Å². The summed E-state index contributed by atoms with van der Waals surface area (Å²) in [5, 5.41) is 15.6. The van der Waals surface area contributed by atoms with E-state index < -0.39 is 11.9 Å². The number of aliphatic carboxylic acids is 2. The minimum absolute atomic E-state index is 0.00931. The first-order valence-corrected chi connectivity index (χ1v) is 5.37. The van der Waals surface area contributed by atoms with Crippen LogP contribution in [0, 0.1) is 0 Å². The van der Waals surface area contributed by atoms with Crippen LogP contribution in [0.5, 0.6) is 0 Å². The van der Waals surface area contributed by atoms with Crippen LogP contribution in [-0.4, -0.2) is 66.7 Å². The maximum Gasteiger partial charge on any atom is 0.328 e. The van der Waals surface area contributed by atoms with Crippen LogP contribution in [0.1, 0.15) is 6.92 Å². The lowest BCUT2D eigenvalue weighted by Gasteiger charge is -2.13. The summed E-state index contributed by atoms with van der Waals surface area (Å²) in [7, 11) is 4.07. The summed E-state index contributed by atoms with van der Waals surface area (Å²) in [5.41, 5.74) is 0. The summed E-state index contributed by atoms with van der Waals surface area (Å²) in [6, 6.07) is 0. The molecule has 7 heteroatoms. The van der Waals surface area contributed by atoms with E-state index in [-0.39, 0.29) is 12.4 Å². The zero-order chi connectivity index (χ0) is 14.1. The van der Waals surface area contributed by atoms with Crippen LogP contribution in [0.2, 0.25) is 0 Å². The molecule has 18 heavy (non-hydrogen) atoms. The molecule has 1 heterocycles. The Kier molecular flexibility index (Phi) is 7.93. The highest BCUT2D eigenvalue weighted by Gasteiger charge is 2.22. The van der Waals surface area contributed by atoms with Gasteiger partial charge in [0.25, 0.3) is 0 Å². The molecule has 0 aromatic carbocycles. The number of hydrogen-bond acceptors (Lipinski definition) is 5. The fraction of sp³-hybridized carbons (Fsp3) is 0.636. The summed E-state index contributed by atoms with van der Waals surface area (Å²) in [6.07, 6.45) is 1.37. The van der Waals surface area contributed by atoms with E-state index in [1.807, 2.05) is 21.0 Å². The van der Waals surface area contributed by atoms with Gasteiger partial charge < -0.3 is 24.6 Å². The summed E-state index contributed by atoms with van der Waals surface area (Å²) in [5.74, 6) is -2.51. The quantitative estimate of drug-likeness (QED) is 0.689. The Hall–Kier alpha value is -1.44. The van der Waals surface area contributed by atoms with E-state index in [4.69, 9.17) is 19.7 Å². The van der Waals surface area contributed by atoms with Gasteiger partial charge in [-0.2, -0.15) is 0 Å². The molecular weight excluding hydrogens is 242 g/mol. The van der Waals surface area contributed by atoms with Crippen molar-refractivity contribution in [2.75, 3.05) is 27.2 Å². The molecule has 0 aromatic rings. The molecule has 0 spiro atoms. The number of carboxylic acids is 2. The Balaban J connectivity index is 0.000000331. The van der Waals surface area contributed by atoms with Gasteiger partial charge in [0.05, 0.1) is 12.7 Å². The standard InChI is InChI=1S/C7H15NO2.C4H4O4/c1-6-9-5-7(10-6)4-8(2)3;5-3(6)1-2-4(7)8/h6-7H,4-5H2,1-3H3;1-2H,(H,5,6)(H,7,8)/b;2-1-/t6-,7-;/m1./s1. The third-order valence-corrected chi connectivity index (χ3v) is 1.84. The number of likely N-dealkylation sites (N-methyl/N-ethyl adjacent to an activating group) is 1. The number of nitrogens with zero attached hydrogens (tertiary/aromatic N) is 1. The minimum Gasteiger partial charge on any atom is -0.478 e. The Morgan fingerprint density at radius 3 is 2.06 bits per heavy atom. The summed E-state index contributed by atoms with van der Waals surface area (Å²) in [6.45, 7) is 3.61. The molecule has 1 saturated heterocycles. The van der Waals surface area contributed by atoms with Gasteiger partial charge >= 0.3 is 11.9 Å². The molecule has 0 bridgehead atoms. The molecule has 0 amide bonds. The largest absolute Gasteiger partial charge is 0.478 e. The molecule has 2 atom stereocenters. The summed E-state index contributed by atoms with van der Waals surface area (Å²) < 4.78 is 10.6. The van der Waals surface area contributed by atoms with Gasteiger partial charge in [-0.15, -0.1) is 0 Å². The molecule has 104 valence electrons. The number of ether oxygens (including phenoxy) is 2. The predicted molar refractivity (Wildman–Crippen MR) is 63.3 cm³/mol. The normalized spacial score (nSPS) is 22.9. The van der Waals surface area contributed by atoms with Crippen molar-refractivity contribution >= 4 is 11.9 Å². The van der Waals surface area contributed by atoms with Gasteiger partial charge in [-0.05, 0) is 21.0 Å². The van der Waals surface area contributed by atoms with Gasteiger partial charge in [0.1, 0.15) is 0 Å². The first-order valence-electron chi connectivity index (χ1n) is 5.37. The molecule has 0 radical (unpaired) electrons. The van der Waals surface area contributed by atoms with Crippen molar-refractivity contribution in [1.29, 1.82) is 0 Å².